The van der Waals surface area contributed by atoms with Gasteiger partial charge in [-0.25, -0.2) is 4.79 Å². The molecule has 2 saturated heterocycles. The van der Waals surface area contributed by atoms with E-state index in [0.717, 1.165) is 0 Å². The zero-order valence-corrected chi connectivity index (χ0v) is 13.2. The van der Waals surface area contributed by atoms with Gasteiger partial charge in [0.15, 0.2) is 6.10 Å². The number of carbonyl (C=O) groups excluding carboxylic acids is 4. The summed E-state index contributed by atoms with van der Waals surface area (Å²) < 4.78 is 24.2. The Labute approximate surface area is 138 Å². The predicted molar refractivity (Wildman–Crippen MR) is 75.7 cm³/mol. The molecule has 0 aliphatic carbocycles. The van der Waals surface area contributed by atoms with Crippen molar-refractivity contribution < 1.29 is 42.9 Å². The van der Waals surface area contributed by atoms with E-state index in [1.165, 1.54) is 0 Å². The van der Waals surface area contributed by atoms with Gasteiger partial charge in [0.05, 0.1) is 0 Å². The van der Waals surface area contributed by atoms with Gasteiger partial charge in [0.25, 0.3) is 0 Å². The third-order valence-electron chi connectivity index (χ3n) is 3.49. The van der Waals surface area contributed by atoms with E-state index in [4.69, 9.17) is 18.9 Å². The van der Waals surface area contributed by atoms with Crippen molar-refractivity contribution in [3.05, 3.63) is 0 Å². The van der Waals surface area contributed by atoms with Crippen molar-refractivity contribution in [1.29, 1.82) is 0 Å². The van der Waals surface area contributed by atoms with Crippen molar-refractivity contribution in [3.8, 4) is 0 Å². The first-order valence-electron chi connectivity index (χ1n) is 7.87. The molecule has 0 aromatic carbocycles. The summed E-state index contributed by atoms with van der Waals surface area (Å²) in [7, 11) is 0. The highest BCUT2D eigenvalue weighted by Gasteiger charge is 2.26. The Morgan fingerprint density at radius 1 is 0.958 bits per heavy atom. The van der Waals surface area contributed by atoms with Crippen molar-refractivity contribution in [3.63, 3.8) is 0 Å². The standard InChI is InChI=1S/C15H20O9/c16-12(20-7-10-5-6-14(18)23-10)3-1-2-4-13(17)21-8-11-9-22-15(19)24-11/h10-11H,1-9H2. The molecule has 9 heteroatoms. The van der Waals surface area contributed by atoms with Crippen LogP contribution >= 0.6 is 0 Å². The summed E-state index contributed by atoms with van der Waals surface area (Å²) in [6, 6.07) is 0. The number of ether oxygens (including phenoxy) is 5. The molecule has 2 heterocycles. The van der Waals surface area contributed by atoms with Crippen LogP contribution in [0.4, 0.5) is 4.79 Å². The van der Waals surface area contributed by atoms with Gasteiger partial charge in [-0.1, -0.05) is 0 Å². The molecule has 0 aromatic rings. The molecule has 24 heavy (non-hydrogen) atoms. The van der Waals surface area contributed by atoms with Crippen molar-refractivity contribution in [2.24, 2.45) is 0 Å². The number of carbonyl (C=O) groups is 4. The van der Waals surface area contributed by atoms with Crippen LogP contribution in [-0.2, 0) is 38.1 Å². The van der Waals surface area contributed by atoms with Crippen LogP contribution in [0.25, 0.3) is 0 Å². The van der Waals surface area contributed by atoms with Gasteiger partial charge in [0.1, 0.15) is 25.9 Å². The Kier molecular flexibility index (Phi) is 6.83. The monoisotopic (exact) mass is 344 g/mol. The topological polar surface area (TPSA) is 114 Å². The molecule has 2 aliphatic heterocycles. The smallest absolute Gasteiger partial charge is 0.462 e. The fraction of sp³-hybridized carbons (Fsp3) is 0.733. The Morgan fingerprint density at radius 3 is 2.08 bits per heavy atom. The summed E-state index contributed by atoms with van der Waals surface area (Å²) in [5.41, 5.74) is 0. The summed E-state index contributed by atoms with van der Waals surface area (Å²) in [5.74, 6) is -1.08. The van der Waals surface area contributed by atoms with Crippen LogP contribution in [0.2, 0.25) is 0 Å². The average Bonchev–Trinajstić information content (AvgIpc) is 3.16. The van der Waals surface area contributed by atoms with Gasteiger partial charge in [-0.15, -0.1) is 0 Å². The Balaban J connectivity index is 1.45. The third-order valence-corrected chi connectivity index (χ3v) is 3.49. The van der Waals surface area contributed by atoms with Crippen LogP contribution in [0.3, 0.4) is 0 Å². The molecule has 0 spiro atoms. The lowest BCUT2D eigenvalue weighted by atomic mass is 10.2. The fourth-order valence-corrected chi connectivity index (χ4v) is 2.20. The SMILES string of the molecule is O=C(CCCCC(=O)OCC1COC(=O)O1)OCC1CCC(=O)O1. The number of hydrogen-bond acceptors (Lipinski definition) is 9. The molecule has 2 unspecified atom stereocenters. The van der Waals surface area contributed by atoms with Crippen molar-refractivity contribution >= 4 is 24.1 Å². The second-order valence-corrected chi connectivity index (χ2v) is 5.52. The summed E-state index contributed by atoms with van der Waals surface area (Å²) in [5, 5.41) is 0. The van der Waals surface area contributed by atoms with Crippen LogP contribution in [0.1, 0.15) is 38.5 Å². The van der Waals surface area contributed by atoms with Crippen LogP contribution < -0.4 is 0 Å². The fourth-order valence-electron chi connectivity index (χ4n) is 2.20. The van der Waals surface area contributed by atoms with Gasteiger partial charge in [-0.05, 0) is 19.3 Å². The van der Waals surface area contributed by atoms with Gasteiger partial charge in [-0.3, -0.25) is 14.4 Å². The summed E-state index contributed by atoms with van der Waals surface area (Å²) >= 11 is 0. The molecular weight excluding hydrogens is 324 g/mol. The second kappa shape index (κ2) is 9.09. The van der Waals surface area contributed by atoms with E-state index < -0.39 is 18.2 Å². The summed E-state index contributed by atoms with van der Waals surface area (Å²) in [6.45, 7) is 0.121. The van der Waals surface area contributed by atoms with Crippen LogP contribution in [0.15, 0.2) is 0 Å². The zero-order valence-electron chi connectivity index (χ0n) is 13.2. The lowest BCUT2D eigenvalue weighted by Gasteiger charge is -2.10. The predicted octanol–water partition coefficient (Wildman–Crippen LogP) is 0.874. The van der Waals surface area contributed by atoms with Crippen molar-refractivity contribution in [2.45, 2.75) is 50.7 Å². The first-order valence-corrected chi connectivity index (χ1v) is 7.87. The number of cyclic esters (lactones) is 3. The van der Waals surface area contributed by atoms with E-state index >= 15 is 0 Å². The first-order chi connectivity index (χ1) is 11.5. The number of unbranched alkanes of at least 4 members (excludes halogenated alkanes) is 1. The lowest BCUT2D eigenvalue weighted by Crippen LogP contribution is -2.20. The Bertz CT molecular complexity index is 443. The van der Waals surface area contributed by atoms with E-state index in [9.17, 15) is 19.2 Å². The normalized spacial score (nSPS) is 22.5. The molecule has 2 fully saturated rings. The molecule has 2 rings (SSSR count). The average molecular weight is 344 g/mol. The quantitative estimate of drug-likeness (QED) is 0.341. The van der Waals surface area contributed by atoms with Crippen molar-refractivity contribution in [2.75, 3.05) is 19.8 Å². The van der Waals surface area contributed by atoms with Crippen molar-refractivity contribution in [1.82, 2.24) is 0 Å². The van der Waals surface area contributed by atoms with E-state index in [2.05, 4.69) is 4.74 Å². The van der Waals surface area contributed by atoms with E-state index in [-0.39, 0.29) is 50.7 Å². The highest BCUT2D eigenvalue weighted by atomic mass is 16.8. The summed E-state index contributed by atoms with van der Waals surface area (Å²) in [6.07, 6.45) is 0.577. The molecule has 134 valence electrons. The van der Waals surface area contributed by atoms with Gasteiger partial charge in [0.2, 0.25) is 0 Å². The molecule has 0 amide bonds. The lowest BCUT2D eigenvalue weighted by molar-refractivity contribution is -0.153. The maximum Gasteiger partial charge on any atom is 0.508 e. The third kappa shape index (κ3) is 6.43. The number of hydrogen-bond donors (Lipinski definition) is 0. The minimum Gasteiger partial charge on any atom is -0.462 e. The van der Waals surface area contributed by atoms with E-state index in [1.54, 1.807) is 0 Å². The van der Waals surface area contributed by atoms with Crippen LogP contribution in [-0.4, -0.2) is 56.1 Å². The Morgan fingerprint density at radius 2 is 1.58 bits per heavy atom. The highest BCUT2D eigenvalue weighted by molar-refractivity contribution is 5.72. The van der Waals surface area contributed by atoms with Gasteiger partial charge >= 0.3 is 24.1 Å². The highest BCUT2D eigenvalue weighted by Crippen LogP contribution is 2.14. The second-order valence-electron chi connectivity index (χ2n) is 5.52. The van der Waals surface area contributed by atoms with Gasteiger partial charge in [-0.2, -0.15) is 0 Å². The molecule has 0 saturated carbocycles. The van der Waals surface area contributed by atoms with E-state index in [0.29, 0.717) is 25.7 Å². The zero-order chi connectivity index (χ0) is 17.4. The Hall–Kier alpha value is -2.32. The molecule has 2 atom stereocenters. The van der Waals surface area contributed by atoms with Gasteiger partial charge < -0.3 is 23.7 Å². The molecule has 0 bridgehead atoms. The number of rotatable bonds is 9. The molecule has 9 nitrogen and oxygen atoms in total. The number of esters is 3. The molecule has 0 N–H and O–H groups in total. The minimum absolute atomic E-state index is 0.0350. The molecule has 0 radical (unpaired) electrons. The molecular formula is C15H20O9. The largest absolute Gasteiger partial charge is 0.508 e. The molecule has 2 aliphatic rings. The maximum absolute atomic E-state index is 11.5. The van der Waals surface area contributed by atoms with Crippen LogP contribution in [0.5, 0.6) is 0 Å². The minimum atomic E-state index is -0.762. The first kappa shape index (κ1) is 18.0. The summed E-state index contributed by atoms with van der Waals surface area (Å²) in [4.78, 5) is 44.6. The van der Waals surface area contributed by atoms with E-state index in [1.807, 2.05) is 0 Å². The van der Waals surface area contributed by atoms with Crippen LogP contribution in [0, 0.1) is 0 Å². The van der Waals surface area contributed by atoms with Gasteiger partial charge in [0, 0.05) is 19.3 Å². The maximum atomic E-state index is 11.5. The molecule has 0 aromatic heterocycles.